The number of hydrogen-bond acceptors (Lipinski definition) is 5. The molecule has 0 unspecified atom stereocenters. The number of benzene rings is 2. The van der Waals surface area contributed by atoms with E-state index in [9.17, 15) is 9.59 Å². The Morgan fingerprint density at radius 1 is 1.13 bits per heavy atom. The number of esters is 1. The predicted molar refractivity (Wildman–Crippen MR) is 115 cm³/mol. The number of para-hydroxylation sites is 3. The van der Waals surface area contributed by atoms with E-state index >= 15 is 0 Å². The van der Waals surface area contributed by atoms with Crippen LogP contribution in [0.15, 0.2) is 48.5 Å². The molecule has 0 spiro atoms. The molecule has 0 saturated heterocycles. The lowest BCUT2D eigenvalue weighted by atomic mass is 9.84. The molecule has 1 aliphatic rings. The number of carbonyl (C=O) groups excluding carboxylic acids is 2. The number of anilines is 1. The van der Waals surface area contributed by atoms with Crippen molar-refractivity contribution >= 4 is 28.5 Å². The van der Waals surface area contributed by atoms with Gasteiger partial charge in [-0.3, -0.25) is 9.78 Å². The molecule has 0 saturated carbocycles. The van der Waals surface area contributed by atoms with Gasteiger partial charge < -0.3 is 14.8 Å². The van der Waals surface area contributed by atoms with E-state index in [-0.39, 0.29) is 6.61 Å². The van der Waals surface area contributed by atoms with Gasteiger partial charge in [0.1, 0.15) is 5.75 Å². The molecule has 4 rings (SSSR count). The van der Waals surface area contributed by atoms with Gasteiger partial charge in [0.05, 0.1) is 23.9 Å². The van der Waals surface area contributed by atoms with Crippen LogP contribution in [0.2, 0.25) is 0 Å². The summed E-state index contributed by atoms with van der Waals surface area (Å²) in [5.74, 6) is 0.101. The molecule has 0 bridgehead atoms. The molecule has 1 aromatic heterocycles. The first-order valence-corrected chi connectivity index (χ1v) is 10.1. The van der Waals surface area contributed by atoms with E-state index in [0.29, 0.717) is 22.9 Å². The molecule has 30 heavy (non-hydrogen) atoms. The minimum absolute atomic E-state index is 0.377. The second-order valence-electron chi connectivity index (χ2n) is 7.60. The fourth-order valence-corrected chi connectivity index (χ4v) is 3.93. The van der Waals surface area contributed by atoms with Crippen molar-refractivity contribution < 1.29 is 19.1 Å². The first-order chi connectivity index (χ1) is 14.6. The van der Waals surface area contributed by atoms with Crippen LogP contribution in [0.25, 0.3) is 10.9 Å². The number of nitrogens with zero attached hydrogens (tertiary/aromatic N) is 1. The number of amides is 1. The number of hydrogen-bond donors (Lipinski definition) is 1. The Bertz CT molecular complexity index is 1110. The van der Waals surface area contributed by atoms with Crippen molar-refractivity contribution in [2.24, 2.45) is 5.92 Å². The summed E-state index contributed by atoms with van der Waals surface area (Å²) in [7, 11) is 1.53. The standard InChI is InChI=1S/C24H24N2O4/c1-15-11-12-19-17(13-15)23(16-7-3-4-8-18(16)25-19)24(28)30-14-22(27)26-20-9-5-6-10-21(20)29-2/h3-10,15H,11-14H2,1-2H3,(H,26,27)/t15-/m1/s1. The van der Waals surface area contributed by atoms with Crippen LogP contribution in [0.4, 0.5) is 5.69 Å². The van der Waals surface area contributed by atoms with Crippen LogP contribution < -0.4 is 10.1 Å². The molecule has 3 aromatic rings. The van der Waals surface area contributed by atoms with Crippen molar-refractivity contribution in [3.05, 3.63) is 65.4 Å². The van der Waals surface area contributed by atoms with Crippen molar-refractivity contribution in [2.45, 2.75) is 26.2 Å². The third kappa shape index (κ3) is 3.99. The van der Waals surface area contributed by atoms with Crippen LogP contribution in [0, 0.1) is 5.92 Å². The average molecular weight is 404 g/mol. The molecule has 1 amide bonds. The highest BCUT2D eigenvalue weighted by Crippen LogP contribution is 2.32. The lowest BCUT2D eigenvalue weighted by Gasteiger charge is -2.24. The van der Waals surface area contributed by atoms with Crippen LogP contribution in [-0.4, -0.2) is 30.6 Å². The number of aryl methyl sites for hydroxylation is 1. The van der Waals surface area contributed by atoms with E-state index in [1.54, 1.807) is 18.2 Å². The minimum atomic E-state index is -0.492. The number of carbonyl (C=O) groups is 2. The summed E-state index contributed by atoms with van der Waals surface area (Å²) in [5.41, 5.74) is 3.74. The molecule has 6 nitrogen and oxygen atoms in total. The van der Waals surface area contributed by atoms with Crippen molar-refractivity contribution in [1.82, 2.24) is 4.98 Å². The monoisotopic (exact) mass is 404 g/mol. The van der Waals surface area contributed by atoms with Gasteiger partial charge in [-0.25, -0.2) is 4.79 Å². The Labute approximate surface area is 175 Å². The minimum Gasteiger partial charge on any atom is -0.495 e. The molecule has 6 heteroatoms. The van der Waals surface area contributed by atoms with Crippen molar-refractivity contribution in [1.29, 1.82) is 0 Å². The SMILES string of the molecule is COc1ccccc1NC(=O)COC(=O)c1c2c(nc3ccccc13)CC[C@@H](C)C2. The predicted octanol–water partition coefficient (Wildman–Crippen LogP) is 4.16. The van der Waals surface area contributed by atoms with E-state index in [1.165, 1.54) is 7.11 Å². The zero-order valence-electron chi connectivity index (χ0n) is 17.1. The molecule has 0 aliphatic heterocycles. The van der Waals surface area contributed by atoms with Crippen molar-refractivity contribution in [2.75, 3.05) is 19.0 Å². The zero-order chi connectivity index (χ0) is 21.1. The molecule has 1 atom stereocenters. The summed E-state index contributed by atoms with van der Waals surface area (Å²) >= 11 is 0. The number of aromatic nitrogens is 1. The third-order valence-corrected chi connectivity index (χ3v) is 5.42. The highest BCUT2D eigenvalue weighted by molar-refractivity contribution is 6.06. The molecular formula is C24H24N2O4. The maximum atomic E-state index is 13.1. The zero-order valence-corrected chi connectivity index (χ0v) is 17.1. The second kappa shape index (κ2) is 8.53. The third-order valence-electron chi connectivity index (χ3n) is 5.42. The van der Waals surface area contributed by atoms with Crippen molar-refractivity contribution in [3.8, 4) is 5.75 Å². The number of rotatable bonds is 5. The van der Waals surface area contributed by atoms with Crippen LogP contribution in [0.3, 0.4) is 0 Å². The van der Waals surface area contributed by atoms with Crippen LogP contribution in [-0.2, 0) is 22.4 Å². The lowest BCUT2D eigenvalue weighted by molar-refractivity contribution is -0.119. The lowest BCUT2D eigenvalue weighted by Crippen LogP contribution is -2.23. The van der Waals surface area contributed by atoms with Gasteiger partial charge in [0.2, 0.25) is 0 Å². The Morgan fingerprint density at radius 3 is 2.73 bits per heavy atom. The number of ether oxygens (including phenoxy) is 2. The summed E-state index contributed by atoms with van der Waals surface area (Å²) in [6.45, 7) is 1.80. The van der Waals surface area contributed by atoms with E-state index in [1.807, 2.05) is 30.3 Å². The Morgan fingerprint density at radius 2 is 1.90 bits per heavy atom. The average Bonchev–Trinajstić information content (AvgIpc) is 2.76. The molecule has 1 N–H and O–H groups in total. The number of methoxy groups -OCH3 is 1. The summed E-state index contributed by atoms with van der Waals surface area (Å²) < 4.78 is 10.7. The summed E-state index contributed by atoms with van der Waals surface area (Å²) in [4.78, 5) is 30.2. The highest BCUT2D eigenvalue weighted by Gasteiger charge is 2.26. The van der Waals surface area contributed by atoms with Gasteiger partial charge in [-0.05, 0) is 48.9 Å². The van der Waals surface area contributed by atoms with Gasteiger partial charge in [0.15, 0.2) is 6.61 Å². The quantitative estimate of drug-likeness (QED) is 0.646. The largest absolute Gasteiger partial charge is 0.495 e. The second-order valence-corrected chi connectivity index (χ2v) is 7.60. The van der Waals surface area contributed by atoms with Gasteiger partial charge >= 0.3 is 5.97 Å². The molecule has 1 heterocycles. The van der Waals surface area contributed by atoms with Crippen LogP contribution >= 0.6 is 0 Å². The number of nitrogens with one attached hydrogen (secondary N) is 1. The smallest absolute Gasteiger partial charge is 0.339 e. The molecule has 154 valence electrons. The Hall–Kier alpha value is -3.41. The van der Waals surface area contributed by atoms with Crippen LogP contribution in [0.1, 0.15) is 35.0 Å². The first-order valence-electron chi connectivity index (χ1n) is 10.1. The van der Waals surface area contributed by atoms with E-state index in [4.69, 9.17) is 14.5 Å². The topological polar surface area (TPSA) is 77.5 Å². The van der Waals surface area contributed by atoms with Crippen LogP contribution in [0.5, 0.6) is 5.75 Å². The van der Waals surface area contributed by atoms with Gasteiger partial charge in [-0.15, -0.1) is 0 Å². The van der Waals surface area contributed by atoms with Gasteiger partial charge in [0.25, 0.3) is 5.91 Å². The fourth-order valence-electron chi connectivity index (χ4n) is 3.93. The maximum absolute atomic E-state index is 13.1. The van der Waals surface area contributed by atoms with Gasteiger partial charge in [0, 0.05) is 11.1 Å². The fraction of sp³-hybridized carbons (Fsp3) is 0.292. The Balaban J connectivity index is 1.56. The summed E-state index contributed by atoms with van der Waals surface area (Å²) in [6, 6.07) is 14.7. The first kappa shape index (κ1) is 19.9. The molecule has 1 aliphatic carbocycles. The normalized spacial score (nSPS) is 15.3. The molecule has 0 fully saturated rings. The molecule has 2 aromatic carbocycles. The molecular weight excluding hydrogens is 380 g/mol. The summed E-state index contributed by atoms with van der Waals surface area (Å²) in [6.07, 6.45) is 2.68. The van der Waals surface area contributed by atoms with E-state index in [2.05, 4.69) is 12.2 Å². The van der Waals surface area contributed by atoms with Gasteiger partial charge in [-0.2, -0.15) is 0 Å². The summed E-state index contributed by atoms with van der Waals surface area (Å²) in [5, 5.41) is 3.49. The number of pyridine rings is 1. The van der Waals surface area contributed by atoms with Crippen molar-refractivity contribution in [3.63, 3.8) is 0 Å². The van der Waals surface area contributed by atoms with E-state index < -0.39 is 11.9 Å². The highest BCUT2D eigenvalue weighted by atomic mass is 16.5. The molecule has 0 radical (unpaired) electrons. The van der Waals surface area contributed by atoms with Gasteiger partial charge in [-0.1, -0.05) is 37.3 Å². The number of fused-ring (bicyclic) bond motifs is 2. The Kier molecular flexibility index (Phi) is 5.65. The maximum Gasteiger partial charge on any atom is 0.339 e. The van der Waals surface area contributed by atoms with E-state index in [0.717, 1.165) is 41.4 Å².